The molecule has 3 atom stereocenters. The third-order valence-electron chi connectivity index (χ3n) is 4.03. The molecule has 2 amide bonds. The maximum Gasteiger partial charge on any atom is 0.251 e. The Morgan fingerprint density at radius 1 is 1.36 bits per heavy atom. The van der Waals surface area contributed by atoms with E-state index in [0.29, 0.717) is 24.6 Å². The van der Waals surface area contributed by atoms with Gasteiger partial charge in [-0.2, -0.15) is 0 Å². The summed E-state index contributed by atoms with van der Waals surface area (Å²) < 4.78 is 0. The third-order valence-corrected chi connectivity index (χ3v) is 4.03. The minimum Gasteiger partial charge on any atom is -0.341 e. The van der Waals surface area contributed by atoms with Gasteiger partial charge >= 0.3 is 0 Å². The maximum atomic E-state index is 12.5. The van der Waals surface area contributed by atoms with Crippen LogP contribution in [0.25, 0.3) is 0 Å². The van der Waals surface area contributed by atoms with E-state index < -0.39 is 6.04 Å². The number of halogens is 1. The molecule has 3 unspecified atom stereocenters. The molecule has 2 rings (SSSR count). The first kappa shape index (κ1) is 18.5. The van der Waals surface area contributed by atoms with Gasteiger partial charge < -0.3 is 16.0 Å². The van der Waals surface area contributed by atoms with Crippen LogP contribution in [0.3, 0.4) is 0 Å². The molecule has 1 aromatic carbocycles. The molecule has 1 aliphatic rings. The largest absolute Gasteiger partial charge is 0.341 e. The Bertz CT molecular complexity index is 509. The lowest BCUT2D eigenvalue weighted by atomic mass is 10.1. The van der Waals surface area contributed by atoms with Gasteiger partial charge in [-0.15, -0.1) is 12.4 Å². The summed E-state index contributed by atoms with van der Waals surface area (Å²) in [6.45, 7) is 5.03. The normalized spacial score (nSPS) is 21.9. The predicted octanol–water partition coefficient (Wildman–Crippen LogP) is 1.42. The number of rotatable bonds is 4. The molecule has 1 heterocycles. The first-order chi connectivity index (χ1) is 10.0. The van der Waals surface area contributed by atoms with Gasteiger partial charge in [-0.1, -0.05) is 18.2 Å². The van der Waals surface area contributed by atoms with Crippen LogP contribution in [0.15, 0.2) is 30.3 Å². The number of benzene rings is 1. The Kier molecular flexibility index (Phi) is 6.84. The zero-order valence-corrected chi connectivity index (χ0v) is 13.8. The third kappa shape index (κ3) is 4.21. The average molecular weight is 326 g/mol. The van der Waals surface area contributed by atoms with Crippen molar-refractivity contribution >= 4 is 24.2 Å². The Morgan fingerprint density at radius 3 is 2.55 bits per heavy atom. The van der Waals surface area contributed by atoms with E-state index in [9.17, 15) is 9.59 Å². The second kappa shape index (κ2) is 8.15. The van der Waals surface area contributed by atoms with Gasteiger partial charge in [0.1, 0.15) is 6.04 Å². The molecule has 122 valence electrons. The van der Waals surface area contributed by atoms with Crippen LogP contribution in [-0.2, 0) is 4.79 Å². The molecule has 1 aliphatic heterocycles. The molecule has 22 heavy (non-hydrogen) atoms. The van der Waals surface area contributed by atoms with E-state index >= 15 is 0 Å². The van der Waals surface area contributed by atoms with Crippen molar-refractivity contribution in [2.24, 2.45) is 11.7 Å². The number of amides is 2. The Balaban J connectivity index is 0.00000242. The van der Waals surface area contributed by atoms with Crippen LogP contribution in [0.2, 0.25) is 0 Å². The first-order valence-electron chi connectivity index (χ1n) is 7.39. The summed E-state index contributed by atoms with van der Waals surface area (Å²) >= 11 is 0. The van der Waals surface area contributed by atoms with Gasteiger partial charge in [0.25, 0.3) is 5.91 Å². The molecule has 0 aromatic heterocycles. The fourth-order valence-corrected chi connectivity index (χ4v) is 2.80. The first-order valence-corrected chi connectivity index (χ1v) is 7.39. The van der Waals surface area contributed by atoms with Crippen molar-refractivity contribution in [2.75, 3.05) is 13.1 Å². The molecule has 0 bridgehead atoms. The number of likely N-dealkylation sites (tertiary alicyclic amines) is 1. The summed E-state index contributed by atoms with van der Waals surface area (Å²) in [6, 6.07) is 8.57. The van der Waals surface area contributed by atoms with Gasteiger partial charge in [0.05, 0.1) is 0 Å². The maximum absolute atomic E-state index is 12.5. The highest BCUT2D eigenvalue weighted by Gasteiger charge is 2.34. The van der Waals surface area contributed by atoms with Crippen LogP contribution in [0.1, 0.15) is 30.6 Å². The summed E-state index contributed by atoms with van der Waals surface area (Å²) in [5.74, 6) is 0.0994. The van der Waals surface area contributed by atoms with Crippen LogP contribution in [-0.4, -0.2) is 41.9 Å². The number of carbonyl (C=O) groups is 2. The zero-order valence-electron chi connectivity index (χ0n) is 13.0. The molecule has 0 spiro atoms. The second-order valence-corrected chi connectivity index (χ2v) is 5.74. The van der Waals surface area contributed by atoms with Crippen molar-refractivity contribution in [3.8, 4) is 0 Å². The number of nitrogens with two attached hydrogens (primary N) is 1. The Labute approximate surface area is 137 Å². The molecule has 0 aliphatic carbocycles. The number of hydrogen-bond acceptors (Lipinski definition) is 3. The molecule has 0 saturated carbocycles. The van der Waals surface area contributed by atoms with E-state index in [1.807, 2.05) is 17.9 Å². The van der Waals surface area contributed by atoms with Gasteiger partial charge in [0.2, 0.25) is 5.91 Å². The Morgan fingerprint density at radius 2 is 2.00 bits per heavy atom. The van der Waals surface area contributed by atoms with E-state index in [0.717, 1.165) is 6.42 Å². The van der Waals surface area contributed by atoms with Crippen molar-refractivity contribution < 1.29 is 9.59 Å². The van der Waals surface area contributed by atoms with E-state index in [-0.39, 0.29) is 30.3 Å². The summed E-state index contributed by atoms with van der Waals surface area (Å²) in [6.07, 6.45) is 0.932. The van der Waals surface area contributed by atoms with Gasteiger partial charge in [-0.25, -0.2) is 0 Å². The van der Waals surface area contributed by atoms with E-state index in [1.165, 1.54) is 0 Å². The van der Waals surface area contributed by atoms with Crippen LogP contribution in [0.4, 0.5) is 0 Å². The van der Waals surface area contributed by atoms with Crippen LogP contribution < -0.4 is 11.1 Å². The highest BCUT2D eigenvalue weighted by molar-refractivity contribution is 5.97. The number of nitrogens with one attached hydrogen (secondary N) is 1. The van der Waals surface area contributed by atoms with Gasteiger partial charge in [-0.3, -0.25) is 9.59 Å². The highest BCUT2D eigenvalue weighted by atomic mass is 35.5. The smallest absolute Gasteiger partial charge is 0.251 e. The molecular weight excluding hydrogens is 302 g/mol. The fourth-order valence-electron chi connectivity index (χ4n) is 2.80. The van der Waals surface area contributed by atoms with Gasteiger partial charge in [0, 0.05) is 18.2 Å². The molecular formula is C16H24ClN3O2. The zero-order chi connectivity index (χ0) is 15.4. The lowest BCUT2D eigenvalue weighted by Crippen LogP contribution is -2.48. The predicted molar refractivity (Wildman–Crippen MR) is 89.0 cm³/mol. The average Bonchev–Trinajstić information content (AvgIpc) is 2.88. The van der Waals surface area contributed by atoms with Crippen LogP contribution in [0.5, 0.6) is 0 Å². The molecule has 1 fully saturated rings. The summed E-state index contributed by atoms with van der Waals surface area (Å²) in [4.78, 5) is 26.4. The van der Waals surface area contributed by atoms with E-state index in [2.05, 4.69) is 5.32 Å². The van der Waals surface area contributed by atoms with Gasteiger partial charge in [-0.05, 0) is 44.9 Å². The highest BCUT2D eigenvalue weighted by Crippen LogP contribution is 2.22. The lowest BCUT2D eigenvalue weighted by molar-refractivity contribution is -0.133. The molecule has 3 N–H and O–H groups in total. The van der Waals surface area contributed by atoms with Crippen LogP contribution in [0, 0.1) is 5.92 Å². The van der Waals surface area contributed by atoms with Crippen LogP contribution >= 0.6 is 12.4 Å². The molecule has 6 heteroatoms. The van der Waals surface area contributed by atoms with Crippen molar-refractivity contribution in [1.82, 2.24) is 10.2 Å². The minimum atomic E-state index is -0.531. The molecule has 5 nitrogen and oxygen atoms in total. The number of carbonyl (C=O) groups excluding carboxylic acids is 2. The molecule has 1 saturated heterocycles. The number of hydrogen-bond donors (Lipinski definition) is 2. The standard InChI is InChI=1S/C16H23N3O2.ClH/c1-11-8-13(9-17)10-19(11)16(21)12(2)18-15(20)14-6-4-3-5-7-14;/h3-7,11-13H,8-10,17H2,1-2H3,(H,18,20);1H. The van der Waals surface area contributed by atoms with Crippen molar-refractivity contribution in [3.05, 3.63) is 35.9 Å². The molecule has 0 radical (unpaired) electrons. The number of nitrogens with zero attached hydrogens (tertiary/aromatic N) is 1. The fraction of sp³-hybridized carbons (Fsp3) is 0.500. The molecule has 1 aromatic rings. The Hall–Kier alpha value is -1.59. The van der Waals surface area contributed by atoms with E-state index in [4.69, 9.17) is 5.73 Å². The minimum absolute atomic E-state index is 0. The van der Waals surface area contributed by atoms with Crippen molar-refractivity contribution in [2.45, 2.75) is 32.4 Å². The van der Waals surface area contributed by atoms with Gasteiger partial charge in [0.15, 0.2) is 0 Å². The van der Waals surface area contributed by atoms with Crippen molar-refractivity contribution in [1.29, 1.82) is 0 Å². The summed E-state index contributed by atoms with van der Waals surface area (Å²) in [5, 5.41) is 2.76. The topological polar surface area (TPSA) is 75.4 Å². The van der Waals surface area contributed by atoms with Crippen molar-refractivity contribution in [3.63, 3.8) is 0 Å². The SMILES string of the molecule is CC(NC(=O)c1ccccc1)C(=O)N1CC(CN)CC1C.Cl. The monoisotopic (exact) mass is 325 g/mol. The second-order valence-electron chi connectivity index (χ2n) is 5.74. The van der Waals surface area contributed by atoms with E-state index in [1.54, 1.807) is 31.2 Å². The summed E-state index contributed by atoms with van der Waals surface area (Å²) in [7, 11) is 0. The lowest BCUT2D eigenvalue weighted by Gasteiger charge is -2.25. The quantitative estimate of drug-likeness (QED) is 0.879. The summed E-state index contributed by atoms with van der Waals surface area (Å²) in [5.41, 5.74) is 6.25.